The lowest BCUT2D eigenvalue weighted by Crippen LogP contribution is -2.06. The summed E-state index contributed by atoms with van der Waals surface area (Å²) in [6.45, 7) is 4.15. The van der Waals surface area contributed by atoms with Crippen molar-refractivity contribution in [3.63, 3.8) is 0 Å². The van der Waals surface area contributed by atoms with Gasteiger partial charge in [-0.05, 0) is 18.2 Å². The van der Waals surface area contributed by atoms with Crippen LogP contribution in [0.4, 0.5) is 0 Å². The lowest BCUT2D eigenvalue weighted by atomic mass is 10.1. The molecule has 0 fully saturated rings. The molecule has 7 nitrogen and oxygen atoms in total. The molecule has 0 unspecified atom stereocenters. The highest BCUT2D eigenvalue weighted by atomic mass is 16.5. The summed E-state index contributed by atoms with van der Waals surface area (Å²) in [6, 6.07) is 17.4. The molecule has 27 heavy (non-hydrogen) atoms. The molecular weight excluding hydrogens is 340 g/mol. The predicted octanol–water partition coefficient (Wildman–Crippen LogP) is 2.96. The van der Waals surface area contributed by atoms with E-state index in [-0.39, 0.29) is 6.61 Å². The lowest BCUT2D eigenvalue weighted by molar-refractivity contribution is 0.292. The molecule has 0 bridgehead atoms. The third-order valence-corrected chi connectivity index (χ3v) is 4.11. The number of hydrogen-bond donors (Lipinski definition) is 1. The van der Waals surface area contributed by atoms with E-state index in [4.69, 9.17) is 4.74 Å². The standard InChI is InChI=1S/C20H18N6O/c1-14(21-2)18-12-16(10-11-22-18)27-13-20-24-23-19-9-8-17(25-26(19)20)15-6-4-3-5-7-15/h3-12,21H,1,13H2,2H3. The van der Waals surface area contributed by atoms with Crippen molar-refractivity contribution in [2.45, 2.75) is 6.61 Å². The average molecular weight is 358 g/mol. The summed E-state index contributed by atoms with van der Waals surface area (Å²) in [5, 5.41) is 16.0. The monoisotopic (exact) mass is 358 g/mol. The number of hydrogen-bond acceptors (Lipinski definition) is 6. The normalized spacial score (nSPS) is 10.7. The fourth-order valence-corrected chi connectivity index (χ4v) is 2.63. The maximum Gasteiger partial charge on any atom is 0.192 e. The molecule has 0 radical (unpaired) electrons. The van der Waals surface area contributed by atoms with Crippen LogP contribution in [0.1, 0.15) is 11.5 Å². The predicted molar refractivity (Wildman–Crippen MR) is 103 cm³/mol. The second-order valence-electron chi connectivity index (χ2n) is 5.86. The first kappa shape index (κ1) is 16.7. The van der Waals surface area contributed by atoms with Gasteiger partial charge in [0.05, 0.1) is 17.1 Å². The van der Waals surface area contributed by atoms with E-state index in [1.54, 1.807) is 23.8 Å². The van der Waals surface area contributed by atoms with Crippen molar-refractivity contribution in [1.29, 1.82) is 0 Å². The van der Waals surface area contributed by atoms with Crippen LogP contribution in [0, 0.1) is 0 Å². The molecule has 3 aromatic heterocycles. The number of pyridine rings is 1. The minimum atomic E-state index is 0.238. The van der Waals surface area contributed by atoms with Gasteiger partial charge < -0.3 is 10.1 Å². The number of ether oxygens (including phenoxy) is 1. The molecule has 0 aliphatic heterocycles. The Morgan fingerprint density at radius 3 is 2.78 bits per heavy atom. The zero-order chi connectivity index (χ0) is 18.6. The molecule has 1 aromatic carbocycles. The topological polar surface area (TPSA) is 77.2 Å². The van der Waals surface area contributed by atoms with E-state index in [1.165, 1.54) is 0 Å². The molecule has 1 N–H and O–H groups in total. The summed E-state index contributed by atoms with van der Waals surface area (Å²) in [4.78, 5) is 4.26. The Labute approximate surface area is 156 Å². The fourth-order valence-electron chi connectivity index (χ4n) is 2.63. The van der Waals surface area contributed by atoms with Gasteiger partial charge in [0.25, 0.3) is 0 Å². The third kappa shape index (κ3) is 3.48. The molecular formula is C20H18N6O. The minimum absolute atomic E-state index is 0.238. The maximum atomic E-state index is 5.87. The first-order valence-electron chi connectivity index (χ1n) is 8.47. The molecule has 0 saturated heterocycles. The highest BCUT2D eigenvalue weighted by Gasteiger charge is 2.10. The van der Waals surface area contributed by atoms with Gasteiger partial charge in [0.15, 0.2) is 11.5 Å². The molecule has 0 aliphatic rings. The molecule has 0 saturated carbocycles. The van der Waals surface area contributed by atoms with Crippen LogP contribution in [0.15, 0.2) is 67.4 Å². The van der Waals surface area contributed by atoms with Crippen LogP contribution < -0.4 is 10.1 Å². The van der Waals surface area contributed by atoms with Crippen molar-refractivity contribution in [3.05, 3.63) is 78.9 Å². The zero-order valence-electron chi connectivity index (χ0n) is 14.8. The summed E-state index contributed by atoms with van der Waals surface area (Å²) in [6.07, 6.45) is 1.68. The molecule has 7 heteroatoms. The van der Waals surface area contributed by atoms with E-state index in [1.807, 2.05) is 48.5 Å². The van der Waals surface area contributed by atoms with Crippen LogP contribution >= 0.6 is 0 Å². The highest BCUT2D eigenvalue weighted by Crippen LogP contribution is 2.18. The van der Waals surface area contributed by atoms with Gasteiger partial charge in [0.2, 0.25) is 0 Å². The molecule has 0 atom stereocenters. The van der Waals surface area contributed by atoms with Crippen LogP contribution in [-0.2, 0) is 6.61 Å². The Morgan fingerprint density at radius 1 is 1.11 bits per heavy atom. The van der Waals surface area contributed by atoms with Gasteiger partial charge in [0.1, 0.15) is 12.4 Å². The summed E-state index contributed by atoms with van der Waals surface area (Å²) in [5.41, 5.74) is 4.00. The van der Waals surface area contributed by atoms with E-state index in [0.717, 1.165) is 22.6 Å². The summed E-state index contributed by atoms with van der Waals surface area (Å²) < 4.78 is 7.57. The first-order valence-corrected chi connectivity index (χ1v) is 8.47. The number of benzene rings is 1. The van der Waals surface area contributed by atoms with Crippen LogP contribution in [0.25, 0.3) is 22.6 Å². The molecule has 0 amide bonds. The van der Waals surface area contributed by atoms with Crippen molar-refractivity contribution in [1.82, 2.24) is 30.1 Å². The molecule has 0 spiro atoms. The van der Waals surface area contributed by atoms with Crippen LogP contribution in [0.2, 0.25) is 0 Å². The van der Waals surface area contributed by atoms with Crippen molar-refractivity contribution in [2.24, 2.45) is 0 Å². The van der Waals surface area contributed by atoms with Gasteiger partial charge in [0, 0.05) is 24.9 Å². The Balaban J connectivity index is 1.58. The number of rotatable bonds is 6. The Morgan fingerprint density at radius 2 is 1.96 bits per heavy atom. The van der Waals surface area contributed by atoms with Crippen molar-refractivity contribution >= 4 is 11.3 Å². The van der Waals surface area contributed by atoms with E-state index in [9.17, 15) is 0 Å². The maximum absolute atomic E-state index is 5.87. The van der Waals surface area contributed by atoms with Crippen LogP contribution in [0.3, 0.4) is 0 Å². The first-order chi connectivity index (χ1) is 13.2. The van der Waals surface area contributed by atoms with Gasteiger partial charge in [-0.25, -0.2) is 0 Å². The van der Waals surface area contributed by atoms with E-state index in [2.05, 4.69) is 32.2 Å². The minimum Gasteiger partial charge on any atom is -0.485 e. The van der Waals surface area contributed by atoms with E-state index in [0.29, 0.717) is 17.2 Å². The Bertz CT molecular complexity index is 1090. The fraction of sp³-hybridized carbons (Fsp3) is 0.100. The molecule has 3 heterocycles. The summed E-state index contributed by atoms with van der Waals surface area (Å²) in [7, 11) is 1.80. The smallest absolute Gasteiger partial charge is 0.192 e. The number of fused-ring (bicyclic) bond motifs is 1. The molecule has 134 valence electrons. The van der Waals surface area contributed by atoms with Crippen molar-refractivity contribution < 1.29 is 4.74 Å². The summed E-state index contributed by atoms with van der Waals surface area (Å²) >= 11 is 0. The van der Waals surface area contributed by atoms with Crippen LogP contribution in [0.5, 0.6) is 5.75 Å². The Kier molecular flexibility index (Phi) is 4.49. The average Bonchev–Trinajstić information content (AvgIpc) is 3.14. The second kappa shape index (κ2) is 7.25. The summed E-state index contributed by atoms with van der Waals surface area (Å²) in [5.74, 6) is 1.29. The van der Waals surface area contributed by atoms with E-state index >= 15 is 0 Å². The van der Waals surface area contributed by atoms with E-state index < -0.39 is 0 Å². The number of aromatic nitrogens is 5. The lowest BCUT2D eigenvalue weighted by Gasteiger charge is -2.08. The van der Waals surface area contributed by atoms with Crippen molar-refractivity contribution in [3.8, 4) is 17.0 Å². The Hall–Kier alpha value is -3.74. The highest BCUT2D eigenvalue weighted by molar-refractivity contribution is 5.60. The SMILES string of the molecule is C=C(NC)c1cc(OCc2nnc3ccc(-c4ccccc4)nn23)ccn1. The third-order valence-electron chi connectivity index (χ3n) is 4.11. The van der Waals surface area contributed by atoms with Gasteiger partial charge in [-0.1, -0.05) is 36.9 Å². The zero-order valence-corrected chi connectivity index (χ0v) is 14.8. The van der Waals surface area contributed by atoms with Crippen molar-refractivity contribution in [2.75, 3.05) is 7.05 Å². The van der Waals surface area contributed by atoms with Crippen LogP contribution in [-0.4, -0.2) is 31.8 Å². The second-order valence-corrected chi connectivity index (χ2v) is 5.86. The molecule has 4 rings (SSSR count). The van der Waals surface area contributed by atoms with Gasteiger partial charge in [-0.3, -0.25) is 4.98 Å². The quantitative estimate of drug-likeness (QED) is 0.571. The number of nitrogens with zero attached hydrogens (tertiary/aromatic N) is 5. The number of nitrogens with one attached hydrogen (secondary N) is 1. The van der Waals surface area contributed by atoms with Gasteiger partial charge in [-0.2, -0.15) is 9.61 Å². The molecule has 0 aliphatic carbocycles. The van der Waals surface area contributed by atoms with Gasteiger partial charge >= 0.3 is 0 Å². The molecule has 4 aromatic rings. The largest absolute Gasteiger partial charge is 0.485 e. The van der Waals surface area contributed by atoms with Gasteiger partial charge in [-0.15, -0.1) is 10.2 Å².